The maximum atomic E-state index is 13.3. The van der Waals surface area contributed by atoms with E-state index >= 15 is 0 Å². The van der Waals surface area contributed by atoms with Crippen LogP contribution in [0.25, 0.3) is 0 Å². The van der Waals surface area contributed by atoms with Gasteiger partial charge in [0.25, 0.3) is 0 Å². The zero-order chi connectivity index (χ0) is 38.8. The van der Waals surface area contributed by atoms with Crippen molar-refractivity contribution in [2.24, 2.45) is 29.6 Å². The van der Waals surface area contributed by atoms with Gasteiger partial charge in [0.05, 0.1) is 11.5 Å². The van der Waals surface area contributed by atoms with Crippen LogP contribution in [-0.4, -0.2) is 11.9 Å². The topological polar surface area (TPSA) is 52.6 Å². The molecule has 3 aromatic carbocycles. The van der Waals surface area contributed by atoms with E-state index in [2.05, 4.69) is 13.8 Å². The van der Waals surface area contributed by atoms with Gasteiger partial charge in [0, 0.05) is 24.3 Å². The fourth-order valence-corrected chi connectivity index (χ4v) is 8.81. The van der Waals surface area contributed by atoms with Crippen LogP contribution in [0.15, 0.2) is 48.5 Å². The molecule has 3 saturated carbocycles. The minimum absolute atomic E-state index is 0.242. The zero-order valence-corrected chi connectivity index (χ0v) is 31.3. The van der Waals surface area contributed by atoms with Gasteiger partial charge in [0.1, 0.15) is 11.5 Å². The lowest BCUT2D eigenvalue weighted by atomic mass is 9.69. The van der Waals surface area contributed by atoms with Gasteiger partial charge < -0.3 is 9.47 Å². The maximum Gasteiger partial charge on any atom is 0.343 e. The van der Waals surface area contributed by atoms with E-state index in [4.69, 9.17) is 9.47 Å². The van der Waals surface area contributed by atoms with Gasteiger partial charge in [-0.05, 0) is 111 Å². The minimum Gasteiger partial charge on any atom is -0.426 e. The van der Waals surface area contributed by atoms with E-state index in [1.165, 1.54) is 69.8 Å². The van der Waals surface area contributed by atoms with Gasteiger partial charge in [0.2, 0.25) is 0 Å². The molecule has 3 aromatic rings. The number of rotatable bonds is 10. The second-order valence-corrected chi connectivity index (χ2v) is 15.5. The summed E-state index contributed by atoms with van der Waals surface area (Å²) >= 11 is 0. The van der Waals surface area contributed by atoms with Crippen molar-refractivity contribution >= 4 is 11.9 Å². The fraction of sp³-hybridized carbons (Fsp3) is 0.545. The first-order valence-electron chi connectivity index (χ1n) is 19.8. The van der Waals surface area contributed by atoms with Gasteiger partial charge in [-0.25, -0.2) is 31.1 Å². The normalized spacial score (nSPS) is 24.2. The Morgan fingerprint density at radius 3 is 1.41 bits per heavy atom. The molecule has 0 aliphatic heterocycles. The lowest BCUT2D eigenvalue weighted by molar-refractivity contribution is -0.140. The molecule has 0 atom stereocenters. The maximum absolute atomic E-state index is 13.3. The summed E-state index contributed by atoms with van der Waals surface area (Å²) in [6, 6.07) is 9.88. The molecule has 0 amide bonds. The van der Waals surface area contributed by atoms with Crippen LogP contribution in [-0.2, 0) is 4.79 Å². The predicted molar refractivity (Wildman–Crippen MR) is 195 cm³/mol. The molecule has 54 heavy (non-hydrogen) atoms. The summed E-state index contributed by atoms with van der Waals surface area (Å²) in [4.78, 5) is 24.5. The van der Waals surface area contributed by atoms with Crippen LogP contribution in [0.1, 0.15) is 138 Å². The second kappa shape index (κ2) is 19.7. The average molecular weight is 759 g/mol. The molecule has 0 saturated heterocycles. The highest BCUT2D eigenvalue weighted by atomic mass is 19.2. The molecule has 4 nitrogen and oxygen atoms in total. The van der Waals surface area contributed by atoms with Crippen LogP contribution in [0, 0.1) is 64.5 Å². The first-order valence-corrected chi connectivity index (χ1v) is 19.8. The predicted octanol–water partition coefficient (Wildman–Crippen LogP) is 12.8. The first kappa shape index (κ1) is 41.3. The van der Waals surface area contributed by atoms with Gasteiger partial charge in [0.15, 0.2) is 34.9 Å². The summed E-state index contributed by atoms with van der Waals surface area (Å²) in [7, 11) is 0. The van der Waals surface area contributed by atoms with Crippen LogP contribution in [0.3, 0.4) is 0 Å². The van der Waals surface area contributed by atoms with E-state index in [1.807, 2.05) is 12.1 Å². The van der Waals surface area contributed by atoms with Crippen molar-refractivity contribution in [3.63, 3.8) is 0 Å². The molecule has 0 aromatic heterocycles. The summed E-state index contributed by atoms with van der Waals surface area (Å²) in [5, 5.41) is 0. The number of hydrogen-bond acceptors (Lipinski definition) is 4. The molecule has 0 heterocycles. The molecule has 0 unspecified atom stereocenters. The van der Waals surface area contributed by atoms with E-state index < -0.39 is 46.8 Å². The van der Waals surface area contributed by atoms with Gasteiger partial charge in [-0.2, -0.15) is 0 Å². The number of ether oxygens (including phenoxy) is 2. The van der Waals surface area contributed by atoms with E-state index in [9.17, 15) is 35.9 Å². The molecular formula is C44H52F6O4. The van der Waals surface area contributed by atoms with Crippen molar-refractivity contribution in [1.29, 1.82) is 0 Å². The molecule has 3 fully saturated rings. The van der Waals surface area contributed by atoms with E-state index in [0.717, 1.165) is 68.4 Å². The third-order valence-corrected chi connectivity index (χ3v) is 11.9. The fourth-order valence-electron chi connectivity index (χ4n) is 8.81. The number of hydrogen-bond donors (Lipinski definition) is 0. The average Bonchev–Trinajstić information content (AvgIpc) is 3.17. The standard InChI is InChI=1S/C22H29F3O2.C22H23F3O2/c2*1-2-3-14-4-6-15(7-5-14)16-8-10-17(11-9-16)22(26)27-18-12-19(23)21(25)20(24)13-18/h12-17H,2-11H2,1H3;8-15H,2-7H2,1H3. The SMILES string of the molecule is CCCC1CCC(C2CCC(C(=O)Oc3cc(F)c(F)c(F)c3)CC2)CC1.CCCC1CCC(c2ccc(C(=O)Oc3cc(F)c(F)c(F)c3)cc2)CC1. The summed E-state index contributed by atoms with van der Waals surface area (Å²) in [5.41, 5.74) is 1.48. The highest BCUT2D eigenvalue weighted by Gasteiger charge is 2.34. The highest BCUT2D eigenvalue weighted by molar-refractivity contribution is 5.91. The monoisotopic (exact) mass is 758 g/mol. The molecule has 0 N–H and O–H groups in total. The van der Waals surface area contributed by atoms with E-state index in [0.29, 0.717) is 24.0 Å². The van der Waals surface area contributed by atoms with Crippen molar-refractivity contribution in [2.75, 3.05) is 0 Å². The van der Waals surface area contributed by atoms with Gasteiger partial charge in [-0.15, -0.1) is 0 Å². The Balaban J connectivity index is 0.000000208. The smallest absolute Gasteiger partial charge is 0.343 e. The number of carbonyl (C=O) groups excluding carboxylic acids is 2. The Morgan fingerprint density at radius 1 is 0.556 bits per heavy atom. The van der Waals surface area contributed by atoms with Crippen molar-refractivity contribution in [3.05, 3.63) is 94.6 Å². The van der Waals surface area contributed by atoms with Gasteiger partial charge >= 0.3 is 11.9 Å². The number of halogens is 6. The molecule has 294 valence electrons. The largest absolute Gasteiger partial charge is 0.426 e. The third kappa shape index (κ3) is 11.1. The lowest BCUT2D eigenvalue weighted by Gasteiger charge is -2.37. The van der Waals surface area contributed by atoms with E-state index in [1.54, 1.807) is 12.1 Å². The van der Waals surface area contributed by atoms with E-state index in [-0.39, 0.29) is 23.0 Å². The second-order valence-electron chi connectivity index (χ2n) is 15.5. The number of esters is 2. The van der Waals surface area contributed by atoms with Crippen LogP contribution in [0.2, 0.25) is 0 Å². The Bertz CT molecular complexity index is 1640. The quantitative estimate of drug-likeness (QED) is 0.0894. The van der Waals surface area contributed by atoms with Crippen molar-refractivity contribution < 1.29 is 45.4 Å². The number of carbonyl (C=O) groups is 2. The number of benzene rings is 3. The van der Waals surface area contributed by atoms with Crippen molar-refractivity contribution in [3.8, 4) is 11.5 Å². The molecular weight excluding hydrogens is 706 g/mol. The molecule has 0 spiro atoms. The Morgan fingerprint density at radius 2 is 0.963 bits per heavy atom. The summed E-state index contributed by atoms with van der Waals surface area (Å²) in [5.74, 6) is -7.03. The van der Waals surface area contributed by atoms with Gasteiger partial charge in [-0.3, -0.25) is 4.79 Å². The summed E-state index contributed by atoms with van der Waals surface area (Å²) in [6.07, 6.45) is 18.7. The van der Waals surface area contributed by atoms with Crippen molar-refractivity contribution in [2.45, 2.75) is 122 Å². The molecule has 3 aliphatic rings. The molecule has 0 radical (unpaired) electrons. The highest BCUT2D eigenvalue weighted by Crippen LogP contribution is 2.43. The summed E-state index contributed by atoms with van der Waals surface area (Å²) < 4.78 is 89.0. The molecule has 10 heteroatoms. The summed E-state index contributed by atoms with van der Waals surface area (Å²) in [6.45, 7) is 4.47. The molecule has 6 rings (SSSR count). The lowest BCUT2D eigenvalue weighted by Crippen LogP contribution is -2.30. The first-order chi connectivity index (χ1) is 25.9. The molecule has 0 bridgehead atoms. The van der Waals surface area contributed by atoms with Gasteiger partial charge in [-0.1, -0.05) is 64.5 Å². The van der Waals surface area contributed by atoms with Crippen LogP contribution in [0.4, 0.5) is 26.3 Å². The van der Waals surface area contributed by atoms with Crippen LogP contribution < -0.4 is 9.47 Å². The van der Waals surface area contributed by atoms with Crippen LogP contribution >= 0.6 is 0 Å². The molecule has 3 aliphatic carbocycles. The Labute approximate surface area is 315 Å². The van der Waals surface area contributed by atoms with Crippen LogP contribution in [0.5, 0.6) is 11.5 Å². The van der Waals surface area contributed by atoms with Crippen molar-refractivity contribution in [1.82, 2.24) is 0 Å². The zero-order valence-electron chi connectivity index (χ0n) is 31.3. The minimum atomic E-state index is -1.59. The Hall–Kier alpha value is -3.82. The third-order valence-electron chi connectivity index (χ3n) is 11.9. The Kier molecular flexibility index (Phi) is 15.1.